The molecule has 8 heavy (non-hydrogen) atoms. The predicted molar refractivity (Wildman–Crippen MR) is 17.3 cm³/mol. The van der Waals surface area contributed by atoms with E-state index >= 15 is 0 Å². The number of hydrogen-bond donors (Lipinski definition) is 0. The second-order valence-corrected chi connectivity index (χ2v) is 0. The van der Waals surface area contributed by atoms with Crippen LogP contribution in [0.15, 0.2) is 0 Å². The molecule has 0 amide bonds. The van der Waals surface area contributed by atoms with Crippen LogP contribution in [0.25, 0.3) is 0 Å². The van der Waals surface area contributed by atoms with Crippen LogP contribution in [-0.4, -0.2) is 81.9 Å². The first-order valence-corrected chi connectivity index (χ1v) is 0. The third-order valence-corrected chi connectivity index (χ3v) is 0. The maximum absolute atomic E-state index is 0. The Labute approximate surface area is 251 Å². The Balaban J connectivity index is 0. The van der Waals surface area contributed by atoms with E-state index in [1.165, 1.54) is 0 Å². The van der Waals surface area contributed by atoms with Crippen LogP contribution in [0, 0.1) is 178 Å². The van der Waals surface area contributed by atoms with E-state index in [9.17, 15) is 0 Å². The molecule has 0 fully saturated rings. The van der Waals surface area contributed by atoms with E-state index in [1.807, 2.05) is 0 Å². The molecule has 0 unspecified atom stereocenters. The van der Waals surface area contributed by atoms with Crippen molar-refractivity contribution in [3.05, 3.63) is 0 Å². The average molecular weight is 1310 g/mol. The number of rotatable bonds is 0. The molecule has 24 valence electrons. The molecule has 0 saturated heterocycles. The summed E-state index contributed by atoms with van der Waals surface area (Å²) in [6.07, 6.45) is 0. The van der Waals surface area contributed by atoms with Crippen LogP contribution in [0.2, 0.25) is 0 Å². The van der Waals surface area contributed by atoms with Gasteiger partial charge in [0.25, 0.3) is 0 Å². The first-order valence-electron chi connectivity index (χ1n) is 0. The van der Waals surface area contributed by atoms with Crippen LogP contribution in [0.3, 0.4) is 0 Å². The Hall–Kier alpha value is 8.74. The average Bonchev–Trinajstić information content (AvgIpc) is 0. The largest absolute Gasteiger partial charge is 0 e. The molecule has 0 aliphatic rings. The maximum atomic E-state index is 0. The van der Waals surface area contributed by atoms with Crippen LogP contribution in [0.5, 0.6) is 0 Å². The molecule has 0 rings (SSSR count). The van der Waals surface area contributed by atoms with E-state index in [2.05, 4.69) is 0 Å². The van der Waals surface area contributed by atoms with E-state index in [0.717, 1.165) is 0 Å². The Morgan fingerprint density at radius 3 is 0.250 bits per heavy atom. The first kappa shape index (κ1) is 54.3. The van der Waals surface area contributed by atoms with Gasteiger partial charge >= 0.3 is 0 Å². The van der Waals surface area contributed by atoms with Gasteiger partial charge in [-0.05, 0) is 0 Å². The minimum atomic E-state index is 0. The molecule has 0 heterocycles. The van der Waals surface area contributed by atoms with E-state index in [1.54, 1.807) is 0 Å². The van der Waals surface area contributed by atoms with Crippen LogP contribution in [-0.2, 0) is 0 Å². The van der Waals surface area contributed by atoms with Gasteiger partial charge in [-0.15, -0.1) is 0 Å². The fourth-order valence-electron chi connectivity index (χ4n) is 0. The van der Waals surface area contributed by atoms with Gasteiger partial charge in [-0.1, -0.05) is 0 Å². The number of hydrogen-bond acceptors (Lipinski definition) is 0. The molecule has 0 saturated carbocycles. The molecule has 0 N–H and O–H groups in total. The zero-order valence-corrected chi connectivity index (χ0v) is 36.2. The van der Waals surface area contributed by atoms with Crippen LogP contribution in [0.4, 0.5) is 0 Å². The van der Waals surface area contributed by atoms with E-state index < -0.39 is 0 Å². The van der Waals surface area contributed by atoms with Crippen LogP contribution < -0.4 is 0 Å². The van der Waals surface area contributed by atoms with E-state index in [4.69, 9.17) is 0 Å². The fourth-order valence-corrected chi connectivity index (χ4v) is 0. The Morgan fingerprint density at radius 1 is 0.250 bits per heavy atom. The van der Waals surface area contributed by atoms with Crippen molar-refractivity contribution in [2.24, 2.45) is 0 Å². The van der Waals surface area contributed by atoms with Crippen molar-refractivity contribution in [3.63, 3.8) is 0 Å². The summed E-state index contributed by atoms with van der Waals surface area (Å²) in [5.41, 5.74) is 0. The van der Waals surface area contributed by atoms with Gasteiger partial charge in [-0.2, -0.15) is 0 Å². The van der Waals surface area contributed by atoms with Gasteiger partial charge in [-0.25, -0.2) is 0 Å². The molecule has 0 aromatic heterocycles. The summed E-state index contributed by atoms with van der Waals surface area (Å²) >= 11 is 0. The Kier molecular flexibility index (Phi) is 304. The molecule has 0 aliphatic carbocycles. The monoisotopic (exact) mass is 1310 g/mol. The summed E-state index contributed by atoms with van der Waals surface area (Å²) in [5.74, 6) is 0. The van der Waals surface area contributed by atoms with Gasteiger partial charge < -0.3 is 0 Å². The quantitative estimate of drug-likeness (QED) is 0.270. The summed E-state index contributed by atoms with van der Waals surface area (Å²) in [6.45, 7) is 0. The maximum Gasteiger partial charge on any atom is 0 e. The molecule has 0 atom stereocenters. The standard InChI is InChI=1S/5La.3Tl. The second kappa shape index (κ2) is 44.8. The molecule has 0 aliphatic heterocycles. The predicted octanol–water partition coefficient (Wildman–Crippen LogP) is -1.14. The van der Waals surface area contributed by atoms with Gasteiger partial charge in [0.2, 0.25) is 0 Å². The van der Waals surface area contributed by atoms with Crippen molar-refractivity contribution >= 4 is 81.9 Å². The minimum absolute atomic E-state index is 0. The molecule has 0 aromatic rings. The van der Waals surface area contributed by atoms with Crippen molar-refractivity contribution in [3.8, 4) is 0 Å². The molecule has 0 bridgehead atoms. The van der Waals surface area contributed by atoms with Crippen molar-refractivity contribution in [1.82, 2.24) is 0 Å². The zero-order chi connectivity index (χ0) is 0. The van der Waals surface area contributed by atoms with Gasteiger partial charge in [0.05, 0.1) is 0 Å². The molecule has 8 heteroatoms. The van der Waals surface area contributed by atoms with Crippen LogP contribution in [0.1, 0.15) is 0 Å². The molecule has 0 spiro atoms. The molecular formula is La5Tl3. The molecule has 0 nitrogen and oxygen atoms in total. The third-order valence-electron chi connectivity index (χ3n) is 0. The van der Waals surface area contributed by atoms with Gasteiger partial charge in [-0.3, -0.25) is 0 Å². The third kappa shape index (κ3) is 36.4. The SMILES string of the molecule is [La].[La].[La].[La].[La].[Tl].[Tl].[Tl]. The van der Waals surface area contributed by atoms with Crippen molar-refractivity contribution in [2.45, 2.75) is 0 Å². The summed E-state index contributed by atoms with van der Waals surface area (Å²) in [5, 5.41) is 0. The van der Waals surface area contributed by atoms with Crippen LogP contribution >= 0.6 is 0 Å². The normalized spacial score (nSPS) is 0. The molecule has 0 aromatic carbocycles. The fraction of sp³-hybridized carbons (Fsp3) is 0. The summed E-state index contributed by atoms with van der Waals surface area (Å²) < 4.78 is 0. The summed E-state index contributed by atoms with van der Waals surface area (Å²) in [6, 6.07) is 0. The second-order valence-electron chi connectivity index (χ2n) is 0. The van der Waals surface area contributed by atoms with Gasteiger partial charge in [0.15, 0.2) is 0 Å². The van der Waals surface area contributed by atoms with Crippen molar-refractivity contribution in [1.29, 1.82) is 0 Å². The Morgan fingerprint density at radius 2 is 0.250 bits per heavy atom. The smallest absolute Gasteiger partial charge is 0 e. The van der Waals surface area contributed by atoms with Crippen molar-refractivity contribution < 1.29 is 178 Å². The van der Waals surface area contributed by atoms with E-state index in [-0.39, 0.29) is 260 Å². The topological polar surface area (TPSA) is 0 Å². The first-order chi connectivity index (χ1) is 0. The summed E-state index contributed by atoms with van der Waals surface area (Å²) in [7, 11) is 0. The zero-order valence-electron chi connectivity index (χ0n) is 4.62. The minimum Gasteiger partial charge on any atom is 0 e. The van der Waals surface area contributed by atoms with E-state index in [0.29, 0.717) is 0 Å². The van der Waals surface area contributed by atoms with Gasteiger partial charge in [0, 0.05) is 260 Å². The Bertz CT molecular complexity index is 7.64. The van der Waals surface area contributed by atoms with Crippen molar-refractivity contribution in [2.75, 3.05) is 0 Å². The van der Waals surface area contributed by atoms with Gasteiger partial charge in [0.1, 0.15) is 0 Å². The molecule has 8 radical (unpaired) electrons. The summed E-state index contributed by atoms with van der Waals surface area (Å²) in [4.78, 5) is 0. The molecular weight excluding hydrogens is 1310 g/mol.